The van der Waals surface area contributed by atoms with E-state index in [1.54, 1.807) is 0 Å². The highest BCUT2D eigenvalue weighted by Gasteiger charge is 2.40. The molecule has 0 saturated carbocycles. The first-order valence-corrected chi connectivity index (χ1v) is 6.21. The van der Waals surface area contributed by atoms with Crippen LogP contribution in [0.3, 0.4) is 0 Å². The number of rotatable bonds is 6. The molecule has 2 fully saturated rings. The van der Waals surface area contributed by atoms with Gasteiger partial charge in [-0.3, -0.25) is 4.79 Å². The van der Waals surface area contributed by atoms with Crippen LogP contribution in [0.15, 0.2) is 12.0 Å². The van der Waals surface area contributed by atoms with Gasteiger partial charge in [-0.15, -0.1) is 0 Å². The van der Waals surface area contributed by atoms with E-state index in [9.17, 15) is 4.79 Å². The van der Waals surface area contributed by atoms with Crippen molar-refractivity contribution in [3.63, 3.8) is 0 Å². The van der Waals surface area contributed by atoms with Gasteiger partial charge in [0.15, 0.2) is 0 Å². The van der Waals surface area contributed by atoms with Gasteiger partial charge in [-0.25, -0.2) is 0 Å². The lowest BCUT2D eigenvalue weighted by molar-refractivity contribution is -0.140. The molecular weight excluding hydrogens is 270 g/mol. The van der Waals surface area contributed by atoms with E-state index in [2.05, 4.69) is 0 Å². The molecule has 110 valence electrons. The van der Waals surface area contributed by atoms with Crippen molar-refractivity contribution in [2.75, 3.05) is 40.6 Å². The summed E-state index contributed by atoms with van der Waals surface area (Å²) in [6.07, 6.45) is 1.42. The van der Waals surface area contributed by atoms with Crippen LogP contribution < -0.4 is 0 Å². The van der Waals surface area contributed by atoms with Gasteiger partial charge in [0.25, 0.3) is 5.95 Å². The zero-order valence-corrected chi connectivity index (χ0v) is 11.4. The fourth-order valence-electron chi connectivity index (χ4n) is 1.78. The summed E-state index contributed by atoms with van der Waals surface area (Å²) in [4.78, 5) is 11.8. The molecule has 20 heavy (non-hydrogen) atoms. The van der Waals surface area contributed by atoms with Crippen LogP contribution in [0.1, 0.15) is 0 Å². The van der Waals surface area contributed by atoms with E-state index >= 15 is 0 Å². The molecule has 0 aromatic carbocycles. The van der Waals surface area contributed by atoms with Crippen molar-refractivity contribution in [3.05, 3.63) is 12.0 Å². The van der Waals surface area contributed by atoms with E-state index in [-0.39, 0.29) is 5.95 Å². The zero-order chi connectivity index (χ0) is 14.4. The molecule has 2 aliphatic heterocycles. The van der Waals surface area contributed by atoms with Gasteiger partial charge in [-0.2, -0.15) is 0 Å². The Balaban J connectivity index is 2.04. The Kier molecular flexibility index (Phi) is 5.72. The highest BCUT2D eigenvalue weighted by atomic mass is 16.8. The molecule has 0 amide bonds. The summed E-state index contributed by atoms with van der Waals surface area (Å²) in [5.41, 5.74) is 0. The average molecular weight is 286 g/mol. The Hall–Kier alpha value is -1.22. The molecule has 8 nitrogen and oxygen atoms in total. The van der Waals surface area contributed by atoms with Gasteiger partial charge in [-0.05, 0) is 0 Å². The van der Waals surface area contributed by atoms with E-state index in [1.165, 1.54) is 20.3 Å². The molecule has 2 saturated heterocycles. The van der Waals surface area contributed by atoms with E-state index in [4.69, 9.17) is 32.7 Å². The van der Waals surface area contributed by atoms with Crippen molar-refractivity contribution in [1.82, 2.24) is 0 Å². The topological polar surface area (TPSA) is 81.7 Å². The summed E-state index contributed by atoms with van der Waals surface area (Å²) in [5, 5.41) is 0. The third-order valence-electron chi connectivity index (χ3n) is 2.73. The van der Waals surface area contributed by atoms with E-state index in [0.717, 1.165) is 0 Å². The number of carbonyl (C=O) groups is 1. The van der Waals surface area contributed by atoms with Gasteiger partial charge in [0, 0.05) is 6.08 Å². The second kappa shape index (κ2) is 7.53. The second-order valence-corrected chi connectivity index (χ2v) is 4.00. The maximum Gasteiger partial charge on any atom is 0.715 e. The molecule has 0 N–H and O–H groups in total. The smallest absolute Gasteiger partial charge is 0.485 e. The largest absolute Gasteiger partial charge is 0.715 e. The van der Waals surface area contributed by atoms with Crippen molar-refractivity contribution in [1.29, 1.82) is 0 Å². The standard InChI is InChI=1S/C10H16B2O8/c1-14-9(20-12-18-5-6-19-12)7-8(10(13)15-2)11-16-3-4-17-11/h7-8H,3-6H2,1-2H3/b9-7-/t8-/m0/s1. The molecule has 2 heterocycles. The highest BCUT2D eigenvalue weighted by molar-refractivity contribution is 6.53. The minimum atomic E-state index is -0.843. The van der Waals surface area contributed by atoms with Crippen molar-refractivity contribution in [2.45, 2.75) is 5.82 Å². The lowest BCUT2D eigenvalue weighted by Crippen LogP contribution is -2.29. The summed E-state index contributed by atoms with van der Waals surface area (Å²) in [7, 11) is 1.13. The van der Waals surface area contributed by atoms with Gasteiger partial charge in [0.1, 0.15) is 5.82 Å². The number of methoxy groups -OCH3 is 2. The number of hydrogen-bond donors (Lipinski definition) is 0. The monoisotopic (exact) mass is 286 g/mol. The summed E-state index contributed by atoms with van der Waals surface area (Å²) in [6.45, 7) is 1.72. The van der Waals surface area contributed by atoms with Crippen LogP contribution in [0.5, 0.6) is 0 Å². The third kappa shape index (κ3) is 3.89. The van der Waals surface area contributed by atoms with Crippen molar-refractivity contribution in [3.8, 4) is 0 Å². The van der Waals surface area contributed by atoms with Crippen LogP contribution in [0, 0.1) is 0 Å². The quantitative estimate of drug-likeness (QED) is 0.370. The van der Waals surface area contributed by atoms with Crippen LogP contribution in [0.25, 0.3) is 0 Å². The second-order valence-electron chi connectivity index (χ2n) is 4.00. The molecule has 0 radical (unpaired) electrons. The molecule has 0 aliphatic carbocycles. The van der Waals surface area contributed by atoms with Crippen LogP contribution >= 0.6 is 0 Å². The molecule has 0 aromatic heterocycles. The number of carbonyl (C=O) groups excluding carboxylic acids is 1. The zero-order valence-electron chi connectivity index (χ0n) is 11.4. The highest BCUT2D eigenvalue weighted by Crippen LogP contribution is 2.23. The SMILES string of the molecule is COC(=O)[C@H](/C=C(/OC)OB1OCCO1)B1OCCO1. The first kappa shape index (κ1) is 15.2. The molecule has 0 unspecified atom stereocenters. The maximum absolute atomic E-state index is 11.8. The molecular formula is C10H16B2O8. The molecule has 0 spiro atoms. The first-order valence-electron chi connectivity index (χ1n) is 6.21. The molecule has 0 aromatic rings. The fraction of sp³-hybridized carbons (Fsp3) is 0.700. The number of hydrogen-bond acceptors (Lipinski definition) is 8. The minimum Gasteiger partial charge on any atom is -0.485 e. The van der Waals surface area contributed by atoms with E-state index in [0.29, 0.717) is 26.4 Å². The summed E-state index contributed by atoms with van der Waals surface area (Å²) >= 11 is 0. The average Bonchev–Trinajstić information content (AvgIpc) is 3.15. The Morgan fingerprint density at radius 3 is 2.20 bits per heavy atom. The Labute approximate surface area is 117 Å². The fourth-order valence-corrected chi connectivity index (χ4v) is 1.78. The van der Waals surface area contributed by atoms with Gasteiger partial charge in [0.05, 0.1) is 40.6 Å². The van der Waals surface area contributed by atoms with Crippen molar-refractivity contribution < 1.29 is 37.5 Å². The van der Waals surface area contributed by atoms with Gasteiger partial charge in [0.2, 0.25) is 0 Å². The van der Waals surface area contributed by atoms with Crippen LogP contribution in [0.2, 0.25) is 5.82 Å². The first-order chi connectivity index (χ1) is 9.74. The summed E-state index contributed by atoms with van der Waals surface area (Å²) < 4.78 is 36.0. The Bertz CT molecular complexity index is 351. The molecule has 1 atom stereocenters. The van der Waals surface area contributed by atoms with Gasteiger partial charge >= 0.3 is 20.4 Å². The Morgan fingerprint density at radius 2 is 1.65 bits per heavy atom. The lowest BCUT2D eigenvalue weighted by atomic mass is 9.72. The van der Waals surface area contributed by atoms with Crippen LogP contribution in [-0.4, -0.2) is 61.1 Å². The number of ether oxygens (including phenoxy) is 2. The molecule has 10 heteroatoms. The Morgan fingerprint density at radius 1 is 1.05 bits per heavy atom. The third-order valence-corrected chi connectivity index (χ3v) is 2.73. The van der Waals surface area contributed by atoms with E-state index in [1.807, 2.05) is 0 Å². The summed E-state index contributed by atoms with van der Waals surface area (Å²) in [6, 6.07) is 0. The van der Waals surface area contributed by atoms with E-state index < -0.39 is 26.2 Å². The van der Waals surface area contributed by atoms with Gasteiger partial charge < -0.3 is 32.7 Å². The number of esters is 1. The summed E-state index contributed by atoms with van der Waals surface area (Å²) in [5.74, 6) is -1.23. The van der Waals surface area contributed by atoms with Crippen molar-refractivity contribution in [2.24, 2.45) is 0 Å². The van der Waals surface area contributed by atoms with Crippen LogP contribution in [-0.2, 0) is 37.5 Å². The normalized spacial score (nSPS) is 21.0. The van der Waals surface area contributed by atoms with Crippen molar-refractivity contribution >= 4 is 20.4 Å². The maximum atomic E-state index is 11.8. The molecule has 2 aliphatic rings. The molecule has 2 rings (SSSR count). The lowest BCUT2D eigenvalue weighted by Gasteiger charge is -2.15. The van der Waals surface area contributed by atoms with Crippen LogP contribution in [0.4, 0.5) is 0 Å². The minimum absolute atomic E-state index is 0.0754. The predicted molar refractivity (Wildman–Crippen MR) is 67.3 cm³/mol. The predicted octanol–water partition coefficient (Wildman–Crippen LogP) is -0.399. The molecule has 0 bridgehead atoms. The van der Waals surface area contributed by atoms with Gasteiger partial charge in [-0.1, -0.05) is 0 Å².